The monoisotopic (exact) mass is 604 g/mol. The number of para-hydroxylation sites is 1. The number of aryl methyl sites for hydroxylation is 1. The van der Waals surface area contributed by atoms with Gasteiger partial charge in [0.05, 0.1) is 17.3 Å². The minimum Gasteiger partial charge on any atom is -0.484 e. The number of carbonyl (C=O) groups is 2. The van der Waals surface area contributed by atoms with Crippen LogP contribution in [0.1, 0.15) is 39.5 Å². The Morgan fingerprint density at radius 3 is 2.48 bits per heavy atom. The van der Waals surface area contributed by atoms with Crippen LogP contribution in [0.5, 0.6) is 5.75 Å². The van der Waals surface area contributed by atoms with Crippen LogP contribution in [0.15, 0.2) is 114 Å². The van der Waals surface area contributed by atoms with Crippen molar-refractivity contribution in [2.45, 2.75) is 19.0 Å². The molecule has 3 heterocycles. The number of benzene rings is 3. The zero-order chi connectivity index (χ0) is 30.6. The van der Waals surface area contributed by atoms with Crippen LogP contribution in [0.4, 0.5) is 11.4 Å². The predicted molar refractivity (Wildman–Crippen MR) is 171 cm³/mol. The van der Waals surface area contributed by atoms with Crippen molar-refractivity contribution in [1.82, 2.24) is 10.3 Å². The third kappa shape index (κ3) is 6.02. The summed E-state index contributed by atoms with van der Waals surface area (Å²) in [7, 11) is 0. The van der Waals surface area contributed by atoms with E-state index in [-0.39, 0.29) is 30.2 Å². The molecule has 3 N–H and O–H groups in total. The second-order valence-electron chi connectivity index (χ2n) is 10.2. The Balaban J connectivity index is 1.26. The van der Waals surface area contributed by atoms with Crippen molar-refractivity contribution in [2.24, 2.45) is 0 Å². The lowest BCUT2D eigenvalue weighted by Gasteiger charge is -2.26. The van der Waals surface area contributed by atoms with Gasteiger partial charge in [0.15, 0.2) is 11.7 Å². The number of thiocarbonyl (C=S) groups is 1. The number of furan rings is 1. The fourth-order valence-electron chi connectivity index (χ4n) is 5.22. The molecule has 1 aliphatic rings. The van der Waals surface area contributed by atoms with Crippen molar-refractivity contribution >= 4 is 40.6 Å². The van der Waals surface area contributed by atoms with Crippen LogP contribution >= 0.6 is 12.2 Å². The van der Waals surface area contributed by atoms with E-state index in [1.807, 2.05) is 84.6 Å². The van der Waals surface area contributed by atoms with Crippen molar-refractivity contribution in [3.63, 3.8) is 0 Å². The van der Waals surface area contributed by atoms with E-state index in [1.54, 1.807) is 36.5 Å². The van der Waals surface area contributed by atoms with Gasteiger partial charge in [-0.05, 0) is 97.5 Å². The standard InChI is InChI=1S/C34H28N4O5S/c1-21-19-22(33(40)41)10-15-26(21)28-16-17-29(43-28)32-31(27-9-5-6-18-35-27)37-34(44)38(32)24-13-11-23(12-14-24)36-30(39)20-42-25-7-3-2-4-8-25/h2-19,31-32H,20H2,1H3,(H,36,39)(H,37,44)(H,40,41)/t31-,32-/m1/s1. The van der Waals surface area contributed by atoms with Crippen LogP contribution in [-0.2, 0) is 4.79 Å². The quantitative estimate of drug-likeness (QED) is 0.161. The van der Waals surface area contributed by atoms with Crippen molar-refractivity contribution in [2.75, 3.05) is 16.8 Å². The van der Waals surface area contributed by atoms with Crippen LogP contribution in [0.2, 0.25) is 0 Å². The van der Waals surface area contributed by atoms with Crippen LogP contribution in [-0.4, -0.2) is 33.7 Å². The van der Waals surface area contributed by atoms with Gasteiger partial charge in [0.1, 0.15) is 23.3 Å². The minimum absolute atomic E-state index is 0.112. The molecule has 3 aromatic carbocycles. The molecule has 220 valence electrons. The number of hydrogen-bond acceptors (Lipinski definition) is 6. The smallest absolute Gasteiger partial charge is 0.335 e. The lowest BCUT2D eigenvalue weighted by Crippen LogP contribution is -2.29. The third-order valence-corrected chi connectivity index (χ3v) is 7.61. The molecule has 0 spiro atoms. The molecule has 0 unspecified atom stereocenters. The number of nitrogens with one attached hydrogen (secondary N) is 2. The minimum atomic E-state index is -0.981. The second kappa shape index (κ2) is 12.4. The number of pyridine rings is 1. The number of carboxylic acids is 1. The molecule has 1 amide bonds. The molecule has 0 aliphatic carbocycles. The highest BCUT2D eigenvalue weighted by atomic mass is 32.1. The lowest BCUT2D eigenvalue weighted by atomic mass is 10.0. The number of carbonyl (C=O) groups excluding carboxylic acids is 1. The molecule has 0 radical (unpaired) electrons. The van der Waals surface area contributed by atoms with Crippen molar-refractivity contribution < 1.29 is 23.8 Å². The molecule has 44 heavy (non-hydrogen) atoms. The van der Waals surface area contributed by atoms with Gasteiger partial charge in [0.2, 0.25) is 0 Å². The topological polar surface area (TPSA) is 117 Å². The first-order chi connectivity index (χ1) is 21.4. The molecule has 1 aliphatic heterocycles. The molecule has 1 fully saturated rings. The molecule has 6 rings (SSSR count). The van der Waals surface area contributed by atoms with Crippen LogP contribution in [0.25, 0.3) is 11.3 Å². The molecule has 10 heteroatoms. The fourth-order valence-corrected chi connectivity index (χ4v) is 5.57. The van der Waals surface area contributed by atoms with Crippen molar-refractivity contribution in [3.05, 3.63) is 132 Å². The van der Waals surface area contributed by atoms with E-state index in [0.29, 0.717) is 28.1 Å². The SMILES string of the molecule is Cc1cc(C(=O)O)ccc1-c1ccc([C@@H]2[C@@H](c3ccccn3)NC(=S)N2c2ccc(NC(=O)COc3ccccc3)cc2)o1. The number of nitrogens with zero attached hydrogens (tertiary/aromatic N) is 2. The third-order valence-electron chi connectivity index (χ3n) is 7.30. The Morgan fingerprint density at radius 2 is 1.77 bits per heavy atom. The van der Waals surface area contributed by atoms with E-state index in [4.69, 9.17) is 21.4 Å². The summed E-state index contributed by atoms with van der Waals surface area (Å²) in [5.41, 5.74) is 4.01. The van der Waals surface area contributed by atoms with Gasteiger partial charge in [-0.15, -0.1) is 0 Å². The molecular weight excluding hydrogens is 576 g/mol. The summed E-state index contributed by atoms with van der Waals surface area (Å²) in [5.74, 6) is 0.631. The summed E-state index contributed by atoms with van der Waals surface area (Å²) in [4.78, 5) is 30.5. The van der Waals surface area contributed by atoms with Crippen molar-refractivity contribution in [1.29, 1.82) is 0 Å². The summed E-state index contributed by atoms with van der Waals surface area (Å²) in [6.07, 6.45) is 1.74. The zero-order valence-electron chi connectivity index (χ0n) is 23.6. The summed E-state index contributed by atoms with van der Waals surface area (Å²) >= 11 is 5.82. The number of rotatable bonds is 9. The number of aromatic nitrogens is 1. The van der Waals surface area contributed by atoms with Gasteiger partial charge < -0.3 is 29.8 Å². The molecule has 2 aromatic heterocycles. The van der Waals surface area contributed by atoms with Gasteiger partial charge in [-0.3, -0.25) is 9.78 Å². The van der Waals surface area contributed by atoms with Gasteiger partial charge in [-0.1, -0.05) is 30.3 Å². The lowest BCUT2D eigenvalue weighted by molar-refractivity contribution is -0.118. The van der Waals surface area contributed by atoms with Gasteiger partial charge in [0.25, 0.3) is 5.91 Å². The zero-order valence-corrected chi connectivity index (χ0v) is 24.5. The first-order valence-corrected chi connectivity index (χ1v) is 14.3. The predicted octanol–water partition coefficient (Wildman–Crippen LogP) is 6.54. The van der Waals surface area contributed by atoms with E-state index in [0.717, 1.165) is 22.5 Å². The highest BCUT2D eigenvalue weighted by Crippen LogP contribution is 2.43. The normalized spacial score (nSPS) is 15.9. The molecule has 9 nitrogen and oxygen atoms in total. The van der Waals surface area contributed by atoms with E-state index in [2.05, 4.69) is 15.6 Å². The molecule has 0 bridgehead atoms. The number of hydrogen-bond donors (Lipinski definition) is 3. The van der Waals surface area contributed by atoms with Gasteiger partial charge in [-0.25, -0.2) is 4.79 Å². The number of aromatic carboxylic acids is 1. The number of anilines is 2. The average Bonchev–Trinajstić information content (AvgIpc) is 3.66. The fraction of sp³-hybridized carbons (Fsp3) is 0.118. The van der Waals surface area contributed by atoms with Gasteiger partial charge in [-0.2, -0.15) is 0 Å². The first-order valence-electron chi connectivity index (χ1n) is 13.9. The molecule has 1 saturated heterocycles. The average molecular weight is 605 g/mol. The maximum atomic E-state index is 12.5. The maximum absolute atomic E-state index is 12.5. The number of ether oxygens (including phenoxy) is 1. The molecule has 2 atom stereocenters. The Labute approximate surface area is 259 Å². The Morgan fingerprint density at radius 1 is 1.00 bits per heavy atom. The van der Waals surface area contributed by atoms with Crippen LogP contribution < -0.4 is 20.3 Å². The van der Waals surface area contributed by atoms with E-state index < -0.39 is 5.97 Å². The highest BCUT2D eigenvalue weighted by Gasteiger charge is 2.42. The van der Waals surface area contributed by atoms with Gasteiger partial charge >= 0.3 is 5.97 Å². The van der Waals surface area contributed by atoms with E-state index >= 15 is 0 Å². The molecular formula is C34H28N4O5S. The second-order valence-corrected chi connectivity index (χ2v) is 10.6. The Kier molecular flexibility index (Phi) is 8.07. The molecule has 5 aromatic rings. The van der Waals surface area contributed by atoms with Crippen LogP contribution in [0, 0.1) is 6.92 Å². The summed E-state index contributed by atoms with van der Waals surface area (Å²) in [6, 6.07) is 30.3. The summed E-state index contributed by atoms with van der Waals surface area (Å²) in [6.45, 7) is 1.74. The maximum Gasteiger partial charge on any atom is 0.335 e. The Bertz CT molecular complexity index is 1810. The van der Waals surface area contributed by atoms with E-state index in [9.17, 15) is 14.7 Å². The van der Waals surface area contributed by atoms with Crippen molar-refractivity contribution in [3.8, 4) is 17.1 Å². The van der Waals surface area contributed by atoms with Gasteiger partial charge in [0, 0.05) is 23.1 Å². The number of amides is 1. The largest absolute Gasteiger partial charge is 0.484 e. The number of carboxylic acid groups (broad SMARTS) is 1. The summed E-state index contributed by atoms with van der Waals surface area (Å²) < 4.78 is 12.0. The molecule has 0 saturated carbocycles. The van der Waals surface area contributed by atoms with E-state index in [1.165, 1.54) is 0 Å². The highest BCUT2D eigenvalue weighted by molar-refractivity contribution is 7.80. The van der Waals surface area contributed by atoms with Crippen LogP contribution in [0.3, 0.4) is 0 Å². The first kappa shape index (κ1) is 28.6. The summed E-state index contributed by atoms with van der Waals surface area (Å²) in [5, 5.41) is 16.1. The Hall–Kier alpha value is -5.48.